The predicted octanol–water partition coefficient (Wildman–Crippen LogP) is 4.31. The van der Waals surface area contributed by atoms with Gasteiger partial charge in [0.2, 0.25) is 0 Å². The molecule has 0 saturated carbocycles. The maximum Gasteiger partial charge on any atom is 0.416 e. The second kappa shape index (κ2) is 5.14. The van der Waals surface area contributed by atoms with Gasteiger partial charge in [0.15, 0.2) is 0 Å². The summed E-state index contributed by atoms with van der Waals surface area (Å²) in [7, 11) is 0. The van der Waals surface area contributed by atoms with Crippen molar-refractivity contribution < 1.29 is 22.7 Å². The van der Waals surface area contributed by atoms with E-state index in [1.807, 2.05) is 0 Å². The molecule has 2 nitrogen and oxygen atoms in total. The van der Waals surface area contributed by atoms with Gasteiger partial charge in [0.25, 0.3) is 0 Å². The Labute approximate surface area is 107 Å². The molecule has 0 amide bonds. The SMILES string of the molecule is O=Cc1ccc(Oc2ccc(C(F)(F)F)cc2)cc1. The number of ether oxygens (including phenoxy) is 1. The molecule has 0 atom stereocenters. The van der Waals surface area contributed by atoms with Crippen molar-refractivity contribution in [2.45, 2.75) is 6.18 Å². The number of rotatable bonds is 3. The second-order valence-corrected chi connectivity index (χ2v) is 3.81. The highest BCUT2D eigenvalue weighted by atomic mass is 19.4. The van der Waals surface area contributed by atoms with Gasteiger partial charge < -0.3 is 4.74 Å². The molecule has 0 aliphatic rings. The van der Waals surface area contributed by atoms with E-state index in [0.29, 0.717) is 23.3 Å². The maximum atomic E-state index is 12.4. The van der Waals surface area contributed by atoms with Crippen molar-refractivity contribution in [3.8, 4) is 11.5 Å². The Morgan fingerprint density at radius 3 is 1.74 bits per heavy atom. The molecule has 0 heterocycles. The minimum atomic E-state index is -4.36. The van der Waals surface area contributed by atoms with Gasteiger partial charge in [-0.2, -0.15) is 13.2 Å². The molecule has 0 aliphatic heterocycles. The zero-order chi connectivity index (χ0) is 13.9. The van der Waals surface area contributed by atoms with Crippen LogP contribution in [-0.2, 0) is 6.18 Å². The van der Waals surface area contributed by atoms with Crippen molar-refractivity contribution in [1.82, 2.24) is 0 Å². The van der Waals surface area contributed by atoms with Gasteiger partial charge in [-0.15, -0.1) is 0 Å². The largest absolute Gasteiger partial charge is 0.457 e. The van der Waals surface area contributed by atoms with Crippen molar-refractivity contribution in [3.63, 3.8) is 0 Å². The molecule has 98 valence electrons. The average Bonchev–Trinajstić information content (AvgIpc) is 2.39. The van der Waals surface area contributed by atoms with Crippen molar-refractivity contribution in [3.05, 3.63) is 59.7 Å². The van der Waals surface area contributed by atoms with E-state index >= 15 is 0 Å². The molecule has 5 heteroatoms. The standard InChI is InChI=1S/C14H9F3O2/c15-14(16,17)11-3-7-13(8-4-11)19-12-5-1-10(9-18)2-6-12/h1-9H. The highest BCUT2D eigenvalue weighted by molar-refractivity contribution is 5.74. The molecule has 0 fully saturated rings. The van der Waals surface area contributed by atoms with Crippen LogP contribution in [0.2, 0.25) is 0 Å². The Balaban J connectivity index is 2.12. The van der Waals surface area contributed by atoms with Crippen molar-refractivity contribution in [2.24, 2.45) is 0 Å². The Kier molecular flexibility index (Phi) is 3.55. The summed E-state index contributed by atoms with van der Waals surface area (Å²) < 4.78 is 42.4. The molecule has 19 heavy (non-hydrogen) atoms. The summed E-state index contributed by atoms with van der Waals surface area (Å²) in [5.74, 6) is 0.747. The minimum absolute atomic E-state index is 0.298. The first kappa shape index (κ1) is 13.1. The summed E-state index contributed by atoms with van der Waals surface area (Å²) in [6.07, 6.45) is -3.66. The van der Waals surface area contributed by atoms with E-state index in [0.717, 1.165) is 12.1 Å². The van der Waals surface area contributed by atoms with E-state index in [4.69, 9.17) is 4.74 Å². The number of hydrogen-bond donors (Lipinski definition) is 0. The number of aldehydes is 1. The van der Waals surface area contributed by atoms with Crippen LogP contribution in [0, 0.1) is 0 Å². The Bertz CT molecular complexity index is 557. The molecule has 0 spiro atoms. The molecular formula is C14H9F3O2. The van der Waals surface area contributed by atoms with Crippen molar-refractivity contribution in [2.75, 3.05) is 0 Å². The van der Waals surface area contributed by atoms with Crippen LogP contribution in [0.15, 0.2) is 48.5 Å². The third-order valence-corrected chi connectivity index (χ3v) is 2.43. The number of carbonyl (C=O) groups excluding carboxylic acids is 1. The first-order valence-electron chi connectivity index (χ1n) is 5.39. The monoisotopic (exact) mass is 266 g/mol. The lowest BCUT2D eigenvalue weighted by Gasteiger charge is -2.09. The number of halogens is 3. The average molecular weight is 266 g/mol. The van der Waals surface area contributed by atoms with Crippen molar-refractivity contribution >= 4 is 6.29 Å². The van der Waals surface area contributed by atoms with E-state index in [1.165, 1.54) is 12.1 Å². The second-order valence-electron chi connectivity index (χ2n) is 3.81. The van der Waals surface area contributed by atoms with Gasteiger partial charge in [-0.05, 0) is 48.5 Å². The summed E-state index contributed by atoms with van der Waals surface area (Å²) in [5.41, 5.74) is -0.226. The highest BCUT2D eigenvalue weighted by Gasteiger charge is 2.29. The molecule has 0 bridgehead atoms. The summed E-state index contributed by atoms with van der Waals surface area (Å²) in [4.78, 5) is 10.5. The summed E-state index contributed by atoms with van der Waals surface area (Å²) in [6, 6.07) is 10.7. The molecule has 0 saturated heterocycles. The Hall–Kier alpha value is -2.30. The Morgan fingerprint density at radius 1 is 0.842 bits per heavy atom. The highest BCUT2D eigenvalue weighted by Crippen LogP contribution is 2.31. The van der Waals surface area contributed by atoms with E-state index in [9.17, 15) is 18.0 Å². The zero-order valence-corrected chi connectivity index (χ0v) is 9.65. The van der Waals surface area contributed by atoms with E-state index in [2.05, 4.69) is 0 Å². The lowest BCUT2D eigenvalue weighted by molar-refractivity contribution is -0.137. The van der Waals surface area contributed by atoms with Crippen LogP contribution in [0.5, 0.6) is 11.5 Å². The fourth-order valence-electron chi connectivity index (χ4n) is 1.46. The fraction of sp³-hybridized carbons (Fsp3) is 0.0714. The molecule has 0 radical (unpaired) electrons. The Morgan fingerprint density at radius 2 is 1.32 bits per heavy atom. The number of hydrogen-bond acceptors (Lipinski definition) is 2. The molecule has 0 aliphatic carbocycles. The van der Waals surface area contributed by atoms with Gasteiger partial charge in [0.1, 0.15) is 17.8 Å². The normalized spacial score (nSPS) is 11.1. The number of benzene rings is 2. The van der Waals surface area contributed by atoms with Gasteiger partial charge in [-0.25, -0.2) is 0 Å². The van der Waals surface area contributed by atoms with Crippen LogP contribution in [0.1, 0.15) is 15.9 Å². The third-order valence-electron chi connectivity index (χ3n) is 2.43. The quantitative estimate of drug-likeness (QED) is 0.774. The van der Waals surface area contributed by atoms with Crippen LogP contribution in [0.4, 0.5) is 13.2 Å². The van der Waals surface area contributed by atoms with Crippen LogP contribution in [-0.4, -0.2) is 6.29 Å². The molecule has 2 aromatic rings. The van der Waals surface area contributed by atoms with Gasteiger partial charge in [0.05, 0.1) is 5.56 Å². The van der Waals surface area contributed by atoms with Crippen LogP contribution in [0.3, 0.4) is 0 Å². The van der Waals surface area contributed by atoms with Crippen LogP contribution < -0.4 is 4.74 Å². The maximum absolute atomic E-state index is 12.4. The molecule has 0 aromatic heterocycles. The van der Waals surface area contributed by atoms with E-state index < -0.39 is 11.7 Å². The number of alkyl halides is 3. The smallest absolute Gasteiger partial charge is 0.416 e. The zero-order valence-electron chi connectivity index (χ0n) is 9.65. The van der Waals surface area contributed by atoms with Gasteiger partial charge in [-0.1, -0.05) is 0 Å². The molecule has 2 rings (SSSR count). The van der Waals surface area contributed by atoms with E-state index in [-0.39, 0.29) is 0 Å². The van der Waals surface area contributed by atoms with Crippen LogP contribution in [0.25, 0.3) is 0 Å². The number of carbonyl (C=O) groups is 1. The van der Waals surface area contributed by atoms with Gasteiger partial charge in [-0.3, -0.25) is 4.79 Å². The summed E-state index contributed by atoms with van der Waals surface area (Å²) >= 11 is 0. The topological polar surface area (TPSA) is 26.3 Å². The molecule has 0 N–H and O–H groups in total. The first-order chi connectivity index (χ1) is 8.99. The molecule has 0 unspecified atom stereocenters. The third kappa shape index (κ3) is 3.34. The van der Waals surface area contributed by atoms with Gasteiger partial charge in [0, 0.05) is 5.56 Å². The van der Waals surface area contributed by atoms with E-state index in [1.54, 1.807) is 24.3 Å². The first-order valence-corrected chi connectivity index (χ1v) is 5.39. The lowest BCUT2D eigenvalue weighted by Crippen LogP contribution is -2.03. The fourth-order valence-corrected chi connectivity index (χ4v) is 1.46. The van der Waals surface area contributed by atoms with Gasteiger partial charge >= 0.3 is 6.18 Å². The summed E-state index contributed by atoms with van der Waals surface area (Å²) in [6.45, 7) is 0. The predicted molar refractivity (Wildman–Crippen MR) is 63.3 cm³/mol. The summed E-state index contributed by atoms with van der Waals surface area (Å²) in [5, 5.41) is 0. The van der Waals surface area contributed by atoms with Crippen molar-refractivity contribution in [1.29, 1.82) is 0 Å². The molecular weight excluding hydrogens is 257 g/mol. The lowest BCUT2D eigenvalue weighted by atomic mass is 10.2. The van der Waals surface area contributed by atoms with Crippen LogP contribution >= 0.6 is 0 Å². The molecule has 2 aromatic carbocycles. The minimum Gasteiger partial charge on any atom is -0.457 e.